The van der Waals surface area contributed by atoms with Crippen LogP contribution in [0.1, 0.15) is 17.5 Å². The summed E-state index contributed by atoms with van der Waals surface area (Å²) in [5, 5.41) is 1.01. The number of benzene rings is 1. The van der Waals surface area contributed by atoms with Gasteiger partial charge >= 0.3 is 0 Å². The minimum absolute atomic E-state index is 0.101. The van der Waals surface area contributed by atoms with Gasteiger partial charge in [-0.1, -0.05) is 24.3 Å². The van der Waals surface area contributed by atoms with Crippen LogP contribution >= 0.6 is 0 Å². The van der Waals surface area contributed by atoms with Gasteiger partial charge in [0.25, 0.3) is 5.56 Å². The van der Waals surface area contributed by atoms with Gasteiger partial charge in [0.2, 0.25) is 5.91 Å². The average Bonchev–Trinajstić information content (AvgIpc) is 2.73. The summed E-state index contributed by atoms with van der Waals surface area (Å²) in [6, 6.07) is 13.7. The van der Waals surface area contributed by atoms with Crippen molar-refractivity contribution in [2.45, 2.75) is 19.8 Å². The molecule has 1 saturated heterocycles. The second-order valence-corrected chi connectivity index (χ2v) is 7.22. The monoisotopic (exact) mass is 376 g/mol. The molecule has 28 heavy (non-hydrogen) atoms. The number of aromatic amines is 1. The van der Waals surface area contributed by atoms with Crippen molar-refractivity contribution < 1.29 is 4.79 Å². The fraction of sp³-hybridized carbons (Fsp3) is 0.318. The Morgan fingerprint density at radius 2 is 1.93 bits per heavy atom. The van der Waals surface area contributed by atoms with Gasteiger partial charge in [0, 0.05) is 44.4 Å². The van der Waals surface area contributed by atoms with Crippen molar-refractivity contribution >= 4 is 22.6 Å². The number of hydrogen-bond acceptors (Lipinski definition) is 4. The molecule has 0 radical (unpaired) electrons. The van der Waals surface area contributed by atoms with Crippen molar-refractivity contribution in [3.05, 3.63) is 70.1 Å². The molecule has 1 fully saturated rings. The Kier molecular flexibility index (Phi) is 5.10. The highest BCUT2D eigenvalue weighted by molar-refractivity contribution is 5.82. The van der Waals surface area contributed by atoms with E-state index in [9.17, 15) is 9.59 Å². The highest BCUT2D eigenvalue weighted by Gasteiger charge is 2.21. The van der Waals surface area contributed by atoms with Crippen LogP contribution in [0.5, 0.6) is 0 Å². The van der Waals surface area contributed by atoms with E-state index in [1.54, 1.807) is 6.20 Å². The van der Waals surface area contributed by atoms with Crippen LogP contribution in [-0.2, 0) is 11.2 Å². The van der Waals surface area contributed by atoms with Gasteiger partial charge in [0.05, 0.1) is 5.52 Å². The number of amides is 1. The number of hydrogen-bond donors (Lipinski definition) is 1. The van der Waals surface area contributed by atoms with Gasteiger partial charge in [-0.25, -0.2) is 4.98 Å². The molecular formula is C22H24N4O2. The van der Waals surface area contributed by atoms with E-state index < -0.39 is 0 Å². The van der Waals surface area contributed by atoms with Gasteiger partial charge in [-0.05, 0) is 42.5 Å². The minimum atomic E-state index is -0.102. The first-order valence-corrected chi connectivity index (χ1v) is 9.67. The molecule has 1 aliphatic rings. The highest BCUT2D eigenvalue weighted by atomic mass is 16.2. The second kappa shape index (κ2) is 7.84. The molecule has 4 rings (SSSR count). The number of aromatic nitrogens is 2. The van der Waals surface area contributed by atoms with Crippen LogP contribution in [0.3, 0.4) is 0 Å². The lowest BCUT2D eigenvalue weighted by molar-refractivity contribution is -0.131. The molecule has 0 atom stereocenters. The molecule has 0 spiro atoms. The summed E-state index contributed by atoms with van der Waals surface area (Å²) in [5.41, 5.74) is 2.48. The summed E-state index contributed by atoms with van der Waals surface area (Å²) >= 11 is 0. The van der Waals surface area contributed by atoms with Crippen molar-refractivity contribution in [2.75, 3.05) is 31.1 Å². The average molecular weight is 376 g/mol. The number of nitrogens with one attached hydrogen (secondary N) is 1. The predicted octanol–water partition coefficient (Wildman–Crippen LogP) is 2.51. The van der Waals surface area contributed by atoms with Crippen LogP contribution in [0, 0.1) is 6.92 Å². The molecule has 0 saturated carbocycles. The Hall–Kier alpha value is -3.15. The summed E-state index contributed by atoms with van der Waals surface area (Å²) in [5.74, 6) is 1.05. The summed E-state index contributed by atoms with van der Waals surface area (Å²) in [6.07, 6.45) is 2.60. The molecule has 6 nitrogen and oxygen atoms in total. The number of carbonyl (C=O) groups is 1. The first-order valence-electron chi connectivity index (χ1n) is 9.67. The number of rotatable bonds is 4. The summed E-state index contributed by atoms with van der Waals surface area (Å²) < 4.78 is 0. The van der Waals surface area contributed by atoms with Crippen molar-refractivity contribution in [1.82, 2.24) is 14.9 Å². The number of pyridine rings is 2. The summed E-state index contributed by atoms with van der Waals surface area (Å²) in [6.45, 7) is 4.90. The summed E-state index contributed by atoms with van der Waals surface area (Å²) in [7, 11) is 0. The minimum Gasteiger partial charge on any atom is -0.353 e. The molecule has 1 aromatic carbocycles. The SMILES string of the molecule is Cc1cccc2cc(CCC(=O)N3CCN(c4ccccn4)CC3)c(=O)[nH]c12. The maximum atomic E-state index is 12.6. The summed E-state index contributed by atoms with van der Waals surface area (Å²) in [4.78, 5) is 36.4. The lowest BCUT2D eigenvalue weighted by Gasteiger charge is -2.35. The first-order chi connectivity index (χ1) is 13.6. The number of H-pyrrole nitrogens is 1. The Morgan fingerprint density at radius 3 is 2.68 bits per heavy atom. The standard InChI is InChI=1S/C22H24N4O2/c1-16-5-4-6-17-15-18(22(28)24-21(16)17)8-9-20(27)26-13-11-25(12-14-26)19-7-2-3-10-23-19/h2-7,10,15H,8-9,11-14H2,1H3,(H,24,28). The molecule has 144 valence electrons. The third-order valence-corrected chi connectivity index (χ3v) is 5.38. The molecule has 3 aromatic rings. The van der Waals surface area contributed by atoms with Crippen molar-refractivity contribution in [3.8, 4) is 0 Å². The first kappa shape index (κ1) is 18.2. The number of aryl methyl sites for hydroxylation is 2. The van der Waals surface area contributed by atoms with Crippen molar-refractivity contribution in [2.24, 2.45) is 0 Å². The number of carbonyl (C=O) groups excluding carboxylic acids is 1. The molecule has 1 aliphatic heterocycles. The molecule has 1 N–H and O–H groups in total. The molecule has 3 heterocycles. The van der Waals surface area contributed by atoms with E-state index in [1.165, 1.54) is 0 Å². The van der Waals surface area contributed by atoms with Crippen LogP contribution in [-0.4, -0.2) is 47.0 Å². The number of para-hydroxylation sites is 1. The van der Waals surface area contributed by atoms with Crippen molar-refractivity contribution in [3.63, 3.8) is 0 Å². The molecule has 2 aromatic heterocycles. The van der Waals surface area contributed by atoms with E-state index in [4.69, 9.17) is 0 Å². The molecule has 0 bridgehead atoms. The van der Waals surface area contributed by atoms with E-state index in [1.807, 2.05) is 54.3 Å². The second-order valence-electron chi connectivity index (χ2n) is 7.22. The topological polar surface area (TPSA) is 69.3 Å². The van der Waals surface area contributed by atoms with Crippen LogP contribution in [0.2, 0.25) is 0 Å². The maximum Gasteiger partial charge on any atom is 0.251 e. The normalized spacial score (nSPS) is 14.5. The molecule has 1 amide bonds. The predicted molar refractivity (Wildman–Crippen MR) is 111 cm³/mol. The lowest BCUT2D eigenvalue weighted by atomic mass is 10.1. The van der Waals surface area contributed by atoms with Crippen LogP contribution < -0.4 is 10.5 Å². The zero-order valence-electron chi connectivity index (χ0n) is 16.0. The quantitative estimate of drug-likeness (QED) is 0.760. The van der Waals surface area contributed by atoms with Crippen LogP contribution in [0.25, 0.3) is 10.9 Å². The Bertz CT molecular complexity index is 1040. The van der Waals surface area contributed by atoms with E-state index in [0.29, 0.717) is 31.5 Å². The van der Waals surface area contributed by atoms with Gasteiger partial charge in [0.1, 0.15) is 5.82 Å². The third-order valence-electron chi connectivity index (χ3n) is 5.38. The third kappa shape index (κ3) is 3.76. The Morgan fingerprint density at radius 1 is 1.11 bits per heavy atom. The lowest BCUT2D eigenvalue weighted by Crippen LogP contribution is -2.49. The van der Waals surface area contributed by atoms with Gasteiger partial charge in [0.15, 0.2) is 0 Å². The smallest absolute Gasteiger partial charge is 0.251 e. The van der Waals surface area contributed by atoms with Gasteiger partial charge in [-0.3, -0.25) is 9.59 Å². The van der Waals surface area contributed by atoms with E-state index in [0.717, 1.165) is 35.4 Å². The Labute approximate surface area is 163 Å². The van der Waals surface area contributed by atoms with Gasteiger partial charge in [-0.2, -0.15) is 0 Å². The zero-order chi connectivity index (χ0) is 19.5. The van der Waals surface area contributed by atoms with E-state index in [2.05, 4.69) is 14.9 Å². The van der Waals surface area contributed by atoms with Crippen LogP contribution in [0.4, 0.5) is 5.82 Å². The zero-order valence-corrected chi connectivity index (χ0v) is 16.0. The van der Waals surface area contributed by atoms with Crippen LogP contribution in [0.15, 0.2) is 53.5 Å². The number of piperazine rings is 1. The van der Waals surface area contributed by atoms with E-state index in [-0.39, 0.29) is 11.5 Å². The molecular weight excluding hydrogens is 352 g/mol. The molecule has 0 unspecified atom stereocenters. The maximum absolute atomic E-state index is 12.6. The Balaban J connectivity index is 1.37. The molecule has 0 aliphatic carbocycles. The highest BCUT2D eigenvalue weighted by Crippen LogP contribution is 2.17. The fourth-order valence-corrected chi connectivity index (χ4v) is 3.74. The largest absolute Gasteiger partial charge is 0.353 e. The number of fused-ring (bicyclic) bond motifs is 1. The fourth-order valence-electron chi connectivity index (χ4n) is 3.74. The van der Waals surface area contributed by atoms with E-state index >= 15 is 0 Å². The molecule has 6 heteroatoms. The van der Waals surface area contributed by atoms with Gasteiger partial charge < -0.3 is 14.8 Å². The van der Waals surface area contributed by atoms with Crippen molar-refractivity contribution in [1.29, 1.82) is 0 Å². The number of nitrogens with zero attached hydrogens (tertiary/aromatic N) is 3. The van der Waals surface area contributed by atoms with Gasteiger partial charge in [-0.15, -0.1) is 0 Å². The number of anilines is 1.